The Kier molecular flexibility index (Phi) is 8.36. The first kappa shape index (κ1) is 14.0. The number of hydrogen-bond acceptors (Lipinski definition) is 5. The Morgan fingerprint density at radius 3 is 2.18 bits per heavy atom. The first-order valence-electron chi connectivity index (χ1n) is 5.83. The predicted molar refractivity (Wildman–Crippen MR) is 62.3 cm³/mol. The number of ether oxygens (including phenoxy) is 4. The molecule has 0 N–H and O–H groups in total. The van der Waals surface area contributed by atoms with Crippen LogP contribution in [0.3, 0.4) is 0 Å². The molecule has 0 aliphatic rings. The summed E-state index contributed by atoms with van der Waals surface area (Å²) in [6.07, 6.45) is 1.57. The summed E-state index contributed by atoms with van der Waals surface area (Å²) in [5.74, 6) is 0.515. The Hall–Kier alpha value is -1.04. The molecule has 0 saturated heterocycles. The van der Waals surface area contributed by atoms with Gasteiger partial charge in [0.1, 0.15) is 6.61 Å². The summed E-state index contributed by atoms with van der Waals surface area (Å²) in [6.45, 7) is 6.08. The molecule has 0 unspecified atom stereocenters. The van der Waals surface area contributed by atoms with Gasteiger partial charge in [0.25, 0.3) is 5.95 Å². The van der Waals surface area contributed by atoms with Gasteiger partial charge < -0.3 is 23.4 Å². The molecular formula is C12H20O5. The molecule has 0 fully saturated rings. The van der Waals surface area contributed by atoms with Crippen molar-refractivity contribution >= 4 is 0 Å². The van der Waals surface area contributed by atoms with E-state index in [1.54, 1.807) is 18.4 Å². The average molecular weight is 244 g/mol. The normalized spacial score (nSPS) is 10.6. The van der Waals surface area contributed by atoms with Crippen LogP contribution in [0, 0.1) is 0 Å². The molecule has 1 aromatic rings. The number of hydrogen-bond donors (Lipinski definition) is 0. The van der Waals surface area contributed by atoms with Crippen LogP contribution in [0.1, 0.15) is 6.92 Å². The standard InChI is InChI=1S/C12H20O5/c1-2-13-6-7-14-8-9-15-10-11-17-12-4-3-5-16-12/h3-5H,2,6-11H2,1H3. The lowest BCUT2D eigenvalue weighted by Gasteiger charge is -2.06. The summed E-state index contributed by atoms with van der Waals surface area (Å²) in [5.41, 5.74) is 0. The van der Waals surface area contributed by atoms with E-state index < -0.39 is 0 Å². The van der Waals surface area contributed by atoms with Gasteiger partial charge >= 0.3 is 0 Å². The molecule has 0 atom stereocenters. The highest BCUT2D eigenvalue weighted by Crippen LogP contribution is 2.08. The maximum absolute atomic E-state index is 5.31. The van der Waals surface area contributed by atoms with Crippen LogP contribution in [-0.4, -0.2) is 46.2 Å². The molecule has 1 rings (SSSR count). The topological polar surface area (TPSA) is 50.1 Å². The molecule has 0 spiro atoms. The quantitative estimate of drug-likeness (QED) is 0.555. The van der Waals surface area contributed by atoms with Gasteiger partial charge in [0.2, 0.25) is 0 Å². The molecule has 0 aliphatic heterocycles. The monoisotopic (exact) mass is 244 g/mol. The lowest BCUT2D eigenvalue weighted by atomic mass is 10.6. The Balaban J connectivity index is 1.76. The SMILES string of the molecule is CCOCCOCCOCCOc1ccco1. The van der Waals surface area contributed by atoms with E-state index in [1.807, 2.05) is 6.92 Å². The van der Waals surface area contributed by atoms with Crippen molar-refractivity contribution in [1.29, 1.82) is 0 Å². The minimum atomic E-state index is 0.479. The smallest absolute Gasteiger partial charge is 0.284 e. The van der Waals surface area contributed by atoms with Gasteiger partial charge in [-0.1, -0.05) is 0 Å². The molecule has 5 nitrogen and oxygen atoms in total. The fraction of sp³-hybridized carbons (Fsp3) is 0.667. The van der Waals surface area contributed by atoms with Crippen LogP contribution in [0.4, 0.5) is 0 Å². The van der Waals surface area contributed by atoms with Crippen LogP contribution in [0.2, 0.25) is 0 Å². The summed E-state index contributed by atoms with van der Waals surface area (Å²) in [7, 11) is 0. The zero-order valence-electron chi connectivity index (χ0n) is 10.2. The second kappa shape index (κ2) is 10.1. The summed E-state index contributed by atoms with van der Waals surface area (Å²) in [4.78, 5) is 0. The molecule has 0 bridgehead atoms. The van der Waals surface area contributed by atoms with Crippen LogP contribution in [0.5, 0.6) is 5.95 Å². The molecule has 0 amide bonds. The van der Waals surface area contributed by atoms with E-state index in [0.29, 0.717) is 45.6 Å². The third-order valence-electron chi connectivity index (χ3n) is 1.92. The third kappa shape index (κ3) is 7.79. The second-order valence-corrected chi connectivity index (χ2v) is 3.20. The molecule has 0 radical (unpaired) electrons. The molecule has 1 heterocycles. The number of furan rings is 1. The van der Waals surface area contributed by atoms with Gasteiger partial charge in [0, 0.05) is 12.7 Å². The van der Waals surface area contributed by atoms with E-state index in [-0.39, 0.29) is 0 Å². The van der Waals surface area contributed by atoms with Crippen molar-refractivity contribution in [2.45, 2.75) is 6.92 Å². The minimum Gasteiger partial charge on any atom is -0.463 e. The zero-order chi connectivity index (χ0) is 12.2. The fourth-order valence-corrected chi connectivity index (χ4v) is 1.13. The molecule has 0 aromatic carbocycles. The van der Waals surface area contributed by atoms with Gasteiger partial charge in [-0.3, -0.25) is 0 Å². The van der Waals surface area contributed by atoms with Crippen LogP contribution in [0.25, 0.3) is 0 Å². The van der Waals surface area contributed by atoms with Gasteiger partial charge in [-0.2, -0.15) is 0 Å². The highest BCUT2D eigenvalue weighted by atomic mass is 16.6. The Labute approximate surface area is 102 Å². The first-order valence-corrected chi connectivity index (χ1v) is 5.83. The van der Waals surface area contributed by atoms with E-state index >= 15 is 0 Å². The van der Waals surface area contributed by atoms with Crippen LogP contribution in [-0.2, 0) is 14.2 Å². The lowest BCUT2D eigenvalue weighted by molar-refractivity contribution is 0.00999. The van der Waals surface area contributed by atoms with Gasteiger partial charge in [-0.15, -0.1) is 0 Å². The predicted octanol–water partition coefficient (Wildman–Crippen LogP) is 1.73. The molecule has 0 saturated carbocycles. The number of rotatable bonds is 11. The van der Waals surface area contributed by atoms with Crippen LogP contribution < -0.4 is 4.74 Å². The molecule has 98 valence electrons. The molecular weight excluding hydrogens is 224 g/mol. The van der Waals surface area contributed by atoms with Crippen molar-refractivity contribution in [2.24, 2.45) is 0 Å². The van der Waals surface area contributed by atoms with E-state index in [1.165, 1.54) is 0 Å². The maximum atomic E-state index is 5.31. The van der Waals surface area contributed by atoms with Crippen molar-refractivity contribution < 1.29 is 23.4 Å². The Bertz CT molecular complexity index is 247. The van der Waals surface area contributed by atoms with Crippen molar-refractivity contribution in [3.8, 4) is 5.95 Å². The van der Waals surface area contributed by atoms with Gasteiger partial charge in [0.05, 0.1) is 39.3 Å². The first-order chi connectivity index (χ1) is 8.43. The minimum absolute atomic E-state index is 0.479. The largest absolute Gasteiger partial charge is 0.463 e. The third-order valence-corrected chi connectivity index (χ3v) is 1.92. The molecule has 5 heteroatoms. The second-order valence-electron chi connectivity index (χ2n) is 3.20. The highest BCUT2D eigenvalue weighted by Gasteiger charge is 1.95. The zero-order valence-corrected chi connectivity index (χ0v) is 10.2. The molecule has 1 aromatic heterocycles. The summed E-state index contributed by atoms with van der Waals surface area (Å²) >= 11 is 0. The van der Waals surface area contributed by atoms with Crippen molar-refractivity contribution in [1.82, 2.24) is 0 Å². The van der Waals surface area contributed by atoms with Gasteiger partial charge in [0.15, 0.2) is 0 Å². The molecule has 0 aliphatic carbocycles. The van der Waals surface area contributed by atoms with Crippen molar-refractivity contribution in [3.05, 3.63) is 18.4 Å². The van der Waals surface area contributed by atoms with E-state index in [9.17, 15) is 0 Å². The Morgan fingerprint density at radius 2 is 1.59 bits per heavy atom. The fourth-order valence-electron chi connectivity index (χ4n) is 1.13. The Morgan fingerprint density at radius 1 is 0.941 bits per heavy atom. The highest BCUT2D eigenvalue weighted by molar-refractivity contribution is 5.03. The van der Waals surface area contributed by atoms with Crippen molar-refractivity contribution in [2.75, 3.05) is 46.2 Å². The van der Waals surface area contributed by atoms with E-state index in [2.05, 4.69) is 0 Å². The van der Waals surface area contributed by atoms with Crippen LogP contribution in [0.15, 0.2) is 22.8 Å². The van der Waals surface area contributed by atoms with Gasteiger partial charge in [-0.05, 0) is 13.0 Å². The van der Waals surface area contributed by atoms with Crippen molar-refractivity contribution in [3.63, 3.8) is 0 Å². The summed E-state index contributed by atoms with van der Waals surface area (Å²) in [5, 5.41) is 0. The lowest BCUT2D eigenvalue weighted by Crippen LogP contribution is -2.12. The van der Waals surface area contributed by atoms with Crippen LogP contribution >= 0.6 is 0 Å². The van der Waals surface area contributed by atoms with E-state index in [0.717, 1.165) is 6.61 Å². The molecule has 17 heavy (non-hydrogen) atoms. The van der Waals surface area contributed by atoms with Gasteiger partial charge in [-0.25, -0.2) is 0 Å². The maximum Gasteiger partial charge on any atom is 0.284 e. The van der Waals surface area contributed by atoms with E-state index in [4.69, 9.17) is 23.4 Å². The summed E-state index contributed by atoms with van der Waals surface area (Å²) < 4.78 is 26.0. The average Bonchev–Trinajstić information content (AvgIpc) is 2.85. The summed E-state index contributed by atoms with van der Waals surface area (Å²) in [6, 6.07) is 3.54.